The van der Waals surface area contributed by atoms with Gasteiger partial charge in [0.2, 0.25) is 5.91 Å². The van der Waals surface area contributed by atoms with E-state index in [0.29, 0.717) is 19.1 Å². The fourth-order valence-electron chi connectivity index (χ4n) is 4.07. The molecule has 0 saturated heterocycles. The van der Waals surface area contributed by atoms with E-state index in [0.717, 1.165) is 23.8 Å². The van der Waals surface area contributed by atoms with E-state index in [9.17, 15) is 4.79 Å². The number of rotatable bonds is 6. The van der Waals surface area contributed by atoms with E-state index < -0.39 is 0 Å². The summed E-state index contributed by atoms with van der Waals surface area (Å²) < 4.78 is 7.46. The molecule has 0 spiro atoms. The lowest BCUT2D eigenvalue weighted by molar-refractivity contribution is -0.121. The zero-order valence-corrected chi connectivity index (χ0v) is 13.6. The second-order valence-electron chi connectivity index (χ2n) is 6.81. The van der Waals surface area contributed by atoms with Crippen molar-refractivity contribution in [1.29, 1.82) is 0 Å². The molecule has 2 aromatic rings. The van der Waals surface area contributed by atoms with Gasteiger partial charge in [-0.05, 0) is 43.2 Å². The summed E-state index contributed by atoms with van der Waals surface area (Å²) in [4.78, 5) is 16.4. The van der Waals surface area contributed by atoms with Crippen LogP contribution in [0.4, 0.5) is 5.69 Å². The number of anilines is 1. The summed E-state index contributed by atoms with van der Waals surface area (Å²) in [7, 11) is 0. The van der Waals surface area contributed by atoms with Crippen LogP contribution >= 0.6 is 0 Å². The van der Waals surface area contributed by atoms with Crippen molar-refractivity contribution in [2.75, 3.05) is 11.9 Å². The Morgan fingerprint density at radius 3 is 3.04 bits per heavy atom. The summed E-state index contributed by atoms with van der Waals surface area (Å²) in [6, 6.07) is 7.59. The van der Waals surface area contributed by atoms with Crippen LogP contribution in [0.1, 0.15) is 25.7 Å². The van der Waals surface area contributed by atoms with Gasteiger partial charge in [-0.3, -0.25) is 4.79 Å². The molecule has 2 fully saturated rings. The van der Waals surface area contributed by atoms with Crippen molar-refractivity contribution in [2.24, 2.45) is 17.8 Å². The maximum Gasteiger partial charge on any atom is 0.227 e. The summed E-state index contributed by atoms with van der Waals surface area (Å²) in [5.41, 5.74) is 0.807. The molecule has 126 valence electrons. The second kappa shape index (κ2) is 6.63. The van der Waals surface area contributed by atoms with Crippen LogP contribution in [-0.4, -0.2) is 27.3 Å². The number of aromatic nitrogens is 3. The van der Waals surface area contributed by atoms with Gasteiger partial charge in [0.15, 0.2) is 0 Å². The SMILES string of the molecule is O=C(Nc1cccc(OCCn2cncn2)c1)C1CC2CCC1C2. The van der Waals surface area contributed by atoms with Crippen molar-refractivity contribution >= 4 is 11.6 Å². The third-order valence-electron chi connectivity index (χ3n) is 5.23. The molecule has 1 N–H and O–H groups in total. The summed E-state index contributed by atoms with van der Waals surface area (Å²) in [6.45, 7) is 1.15. The number of nitrogens with one attached hydrogen (secondary N) is 1. The molecule has 3 unspecified atom stereocenters. The summed E-state index contributed by atoms with van der Waals surface area (Å²) >= 11 is 0. The molecule has 2 saturated carbocycles. The number of carbonyl (C=O) groups is 1. The van der Waals surface area contributed by atoms with Crippen molar-refractivity contribution in [3.05, 3.63) is 36.9 Å². The molecular weight excluding hydrogens is 304 g/mol. The molecule has 2 bridgehead atoms. The topological polar surface area (TPSA) is 69.0 Å². The predicted molar refractivity (Wildman–Crippen MR) is 89.5 cm³/mol. The Kier molecular flexibility index (Phi) is 4.19. The van der Waals surface area contributed by atoms with E-state index >= 15 is 0 Å². The lowest BCUT2D eigenvalue weighted by Crippen LogP contribution is -2.27. The molecule has 24 heavy (non-hydrogen) atoms. The standard InChI is InChI=1S/C18H22N4O2/c23-18(17-9-13-4-5-14(17)8-13)21-15-2-1-3-16(10-15)24-7-6-22-12-19-11-20-22/h1-3,10-14,17H,4-9H2,(H,21,23). The Morgan fingerprint density at radius 1 is 1.33 bits per heavy atom. The van der Waals surface area contributed by atoms with E-state index in [-0.39, 0.29) is 11.8 Å². The van der Waals surface area contributed by atoms with Gasteiger partial charge in [0.25, 0.3) is 0 Å². The van der Waals surface area contributed by atoms with Gasteiger partial charge in [-0.1, -0.05) is 12.5 Å². The zero-order chi connectivity index (χ0) is 16.4. The highest BCUT2D eigenvalue weighted by molar-refractivity contribution is 5.93. The Balaban J connectivity index is 1.31. The van der Waals surface area contributed by atoms with Gasteiger partial charge in [0.1, 0.15) is 25.0 Å². The number of benzene rings is 1. The molecule has 1 heterocycles. The minimum absolute atomic E-state index is 0.168. The molecule has 0 radical (unpaired) electrons. The van der Waals surface area contributed by atoms with Crippen LogP contribution in [0.3, 0.4) is 0 Å². The molecule has 1 aromatic heterocycles. The Hall–Kier alpha value is -2.37. The normalized spacial score (nSPS) is 24.9. The van der Waals surface area contributed by atoms with Crippen LogP contribution in [0, 0.1) is 17.8 Å². The van der Waals surface area contributed by atoms with Gasteiger partial charge in [0.05, 0.1) is 6.54 Å². The van der Waals surface area contributed by atoms with E-state index in [2.05, 4.69) is 15.4 Å². The van der Waals surface area contributed by atoms with Gasteiger partial charge in [-0.15, -0.1) is 0 Å². The zero-order valence-electron chi connectivity index (χ0n) is 13.6. The molecule has 0 aliphatic heterocycles. The first-order chi connectivity index (χ1) is 11.8. The van der Waals surface area contributed by atoms with Crippen LogP contribution in [0.25, 0.3) is 0 Å². The number of fused-ring (bicyclic) bond motifs is 2. The maximum absolute atomic E-state index is 12.5. The van der Waals surface area contributed by atoms with Gasteiger partial charge in [-0.2, -0.15) is 5.10 Å². The van der Waals surface area contributed by atoms with Crippen molar-refractivity contribution in [1.82, 2.24) is 14.8 Å². The molecule has 2 aliphatic carbocycles. The van der Waals surface area contributed by atoms with Crippen molar-refractivity contribution < 1.29 is 9.53 Å². The van der Waals surface area contributed by atoms with Crippen LogP contribution in [-0.2, 0) is 11.3 Å². The number of carbonyl (C=O) groups excluding carboxylic acids is 1. The smallest absolute Gasteiger partial charge is 0.227 e. The van der Waals surface area contributed by atoms with E-state index in [1.807, 2.05) is 24.3 Å². The first-order valence-corrected chi connectivity index (χ1v) is 8.64. The summed E-state index contributed by atoms with van der Waals surface area (Å²) in [6.07, 6.45) is 7.99. The average molecular weight is 326 g/mol. The third kappa shape index (κ3) is 3.27. The molecule has 2 aliphatic rings. The van der Waals surface area contributed by atoms with Crippen LogP contribution in [0.15, 0.2) is 36.9 Å². The third-order valence-corrected chi connectivity index (χ3v) is 5.23. The summed E-state index contributed by atoms with van der Waals surface area (Å²) in [5, 5.41) is 7.10. The fourth-order valence-corrected chi connectivity index (χ4v) is 4.07. The largest absolute Gasteiger partial charge is 0.492 e. The van der Waals surface area contributed by atoms with Gasteiger partial charge < -0.3 is 10.1 Å². The molecule has 4 rings (SSSR count). The number of nitrogens with zero attached hydrogens (tertiary/aromatic N) is 3. The second-order valence-corrected chi connectivity index (χ2v) is 6.81. The van der Waals surface area contributed by atoms with Crippen molar-refractivity contribution in [2.45, 2.75) is 32.2 Å². The van der Waals surface area contributed by atoms with E-state index in [1.54, 1.807) is 11.0 Å². The number of amides is 1. The van der Waals surface area contributed by atoms with Crippen LogP contribution < -0.4 is 10.1 Å². The molecule has 6 nitrogen and oxygen atoms in total. The van der Waals surface area contributed by atoms with Crippen LogP contribution in [0.2, 0.25) is 0 Å². The lowest BCUT2D eigenvalue weighted by atomic mass is 9.88. The summed E-state index contributed by atoms with van der Waals surface area (Å²) in [5.74, 6) is 2.48. The molecule has 1 aromatic carbocycles. The highest BCUT2D eigenvalue weighted by Crippen LogP contribution is 2.48. The van der Waals surface area contributed by atoms with Crippen molar-refractivity contribution in [3.8, 4) is 5.75 Å². The first-order valence-electron chi connectivity index (χ1n) is 8.64. The van der Waals surface area contributed by atoms with E-state index in [1.165, 1.54) is 25.6 Å². The van der Waals surface area contributed by atoms with E-state index in [4.69, 9.17) is 4.74 Å². The van der Waals surface area contributed by atoms with Gasteiger partial charge >= 0.3 is 0 Å². The molecular formula is C18H22N4O2. The van der Waals surface area contributed by atoms with Crippen molar-refractivity contribution in [3.63, 3.8) is 0 Å². The number of hydrogen-bond acceptors (Lipinski definition) is 4. The van der Waals surface area contributed by atoms with Gasteiger partial charge in [-0.25, -0.2) is 9.67 Å². The number of ether oxygens (including phenoxy) is 1. The minimum Gasteiger partial charge on any atom is -0.492 e. The fraction of sp³-hybridized carbons (Fsp3) is 0.500. The monoisotopic (exact) mass is 326 g/mol. The first kappa shape index (κ1) is 15.2. The van der Waals surface area contributed by atoms with Gasteiger partial charge in [0, 0.05) is 17.7 Å². The lowest BCUT2D eigenvalue weighted by Gasteiger charge is -2.21. The Bertz CT molecular complexity index is 701. The number of hydrogen-bond donors (Lipinski definition) is 1. The minimum atomic E-state index is 0.168. The highest BCUT2D eigenvalue weighted by Gasteiger charge is 2.42. The molecule has 1 amide bonds. The maximum atomic E-state index is 12.5. The molecule has 3 atom stereocenters. The average Bonchev–Trinajstić information content (AvgIpc) is 3.33. The highest BCUT2D eigenvalue weighted by atomic mass is 16.5. The molecule has 6 heteroatoms. The predicted octanol–water partition coefficient (Wildman–Crippen LogP) is 2.73. The quantitative estimate of drug-likeness (QED) is 0.886. The Morgan fingerprint density at radius 2 is 2.29 bits per heavy atom. The Labute approximate surface area is 141 Å². The van der Waals surface area contributed by atoms with Crippen LogP contribution in [0.5, 0.6) is 5.75 Å².